The van der Waals surface area contributed by atoms with E-state index < -0.39 is 0 Å². The number of fused-ring (bicyclic) bond motifs is 1. The highest BCUT2D eigenvalue weighted by Crippen LogP contribution is 2.21. The van der Waals surface area contributed by atoms with E-state index in [0.717, 1.165) is 6.42 Å². The molecule has 0 saturated carbocycles. The van der Waals surface area contributed by atoms with E-state index in [9.17, 15) is 0 Å². The Hall–Kier alpha value is -1.30. The molecule has 0 bridgehead atoms. The number of hydrogen-bond acceptors (Lipinski definition) is 0. The minimum atomic E-state index is 1.11. The maximum absolute atomic E-state index is 2.30. The first kappa shape index (κ1) is 9.26. The molecule has 72 valence electrons. The van der Waals surface area contributed by atoms with Crippen LogP contribution in [0, 0.1) is 13.8 Å². The molecular weight excluding hydrogens is 168 g/mol. The van der Waals surface area contributed by atoms with Crippen LogP contribution in [0.5, 0.6) is 0 Å². The second kappa shape index (κ2) is 3.45. The summed E-state index contributed by atoms with van der Waals surface area (Å²) in [5.74, 6) is 0. The van der Waals surface area contributed by atoms with Crippen molar-refractivity contribution in [1.29, 1.82) is 0 Å². The molecule has 0 aromatic heterocycles. The summed E-state index contributed by atoms with van der Waals surface area (Å²) in [4.78, 5) is 0. The molecule has 0 heterocycles. The lowest BCUT2D eigenvalue weighted by Gasteiger charge is -2.05. The molecule has 0 aliphatic heterocycles. The highest BCUT2D eigenvalue weighted by Gasteiger charge is 1.99. The summed E-state index contributed by atoms with van der Waals surface area (Å²) < 4.78 is 0. The average molecular weight is 184 g/mol. The standard InChI is InChI=1S/C14H16/c1-4-12-5-6-14-11(3)7-10(2)8-13(14)9-12/h5-9H,4H2,1-3H3. The Balaban J connectivity index is 2.75. The fourth-order valence-electron chi connectivity index (χ4n) is 2.02. The van der Waals surface area contributed by atoms with Crippen LogP contribution in [0.2, 0.25) is 0 Å². The topological polar surface area (TPSA) is 0 Å². The molecule has 0 aliphatic carbocycles. The van der Waals surface area contributed by atoms with Crippen molar-refractivity contribution in [3.8, 4) is 0 Å². The van der Waals surface area contributed by atoms with E-state index in [1.165, 1.54) is 27.5 Å². The van der Waals surface area contributed by atoms with E-state index in [4.69, 9.17) is 0 Å². The van der Waals surface area contributed by atoms with Crippen LogP contribution in [-0.4, -0.2) is 0 Å². The fraction of sp³-hybridized carbons (Fsp3) is 0.286. The second-order valence-corrected chi connectivity index (χ2v) is 3.99. The zero-order valence-corrected chi connectivity index (χ0v) is 9.09. The van der Waals surface area contributed by atoms with Crippen LogP contribution in [0.25, 0.3) is 10.8 Å². The average Bonchev–Trinajstić information content (AvgIpc) is 2.16. The summed E-state index contributed by atoms with van der Waals surface area (Å²) in [5, 5.41) is 2.76. The Morgan fingerprint density at radius 3 is 2.50 bits per heavy atom. The smallest absolute Gasteiger partial charge is 0.0154 e. The monoisotopic (exact) mass is 184 g/mol. The molecule has 0 radical (unpaired) electrons. The van der Waals surface area contributed by atoms with Gasteiger partial charge < -0.3 is 0 Å². The molecular formula is C14H16. The summed E-state index contributed by atoms with van der Waals surface area (Å²) in [6, 6.07) is 11.3. The lowest BCUT2D eigenvalue weighted by atomic mass is 10.00. The van der Waals surface area contributed by atoms with Gasteiger partial charge in [-0.15, -0.1) is 0 Å². The molecule has 0 amide bonds. The Labute approximate surface area is 85.6 Å². The van der Waals surface area contributed by atoms with Crippen LogP contribution in [0.3, 0.4) is 0 Å². The molecule has 2 aromatic carbocycles. The van der Waals surface area contributed by atoms with E-state index in [2.05, 4.69) is 51.1 Å². The highest BCUT2D eigenvalue weighted by molar-refractivity contribution is 5.86. The molecule has 0 spiro atoms. The van der Waals surface area contributed by atoms with Crippen molar-refractivity contribution in [1.82, 2.24) is 0 Å². The molecule has 0 heteroatoms. The molecule has 0 fully saturated rings. The summed E-state index contributed by atoms with van der Waals surface area (Å²) in [7, 11) is 0. The molecule has 0 unspecified atom stereocenters. The van der Waals surface area contributed by atoms with Gasteiger partial charge in [0.1, 0.15) is 0 Å². The van der Waals surface area contributed by atoms with Gasteiger partial charge in [0.2, 0.25) is 0 Å². The van der Waals surface area contributed by atoms with Crippen molar-refractivity contribution >= 4 is 10.8 Å². The van der Waals surface area contributed by atoms with Crippen LogP contribution < -0.4 is 0 Å². The molecule has 0 N–H and O–H groups in total. The van der Waals surface area contributed by atoms with E-state index in [1.807, 2.05) is 0 Å². The summed E-state index contributed by atoms with van der Waals surface area (Å²) >= 11 is 0. The SMILES string of the molecule is CCc1ccc2c(C)cc(C)cc2c1. The van der Waals surface area contributed by atoms with Crippen molar-refractivity contribution in [3.63, 3.8) is 0 Å². The zero-order valence-electron chi connectivity index (χ0n) is 9.09. The van der Waals surface area contributed by atoms with Crippen molar-refractivity contribution < 1.29 is 0 Å². The molecule has 0 nitrogen and oxygen atoms in total. The minimum absolute atomic E-state index is 1.11. The lowest BCUT2D eigenvalue weighted by molar-refractivity contribution is 1.15. The Bertz CT molecular complexity index is 467. The molecule has 0 aliphatic rings. The number of aryl methyl sites for hydroxylation is 3. The van der Waals surface area contributed by atoms with Crippen molar-refractivity contribution in [2.24, 2.45) is 0 Å². The normalized spacial score (nSPS) is 10.8. The first-order valence-electron chi connectivity index (χ1n) is 5.20. The van der Waals surface area contributed by atoms with Gasteiger partial charge in [-0.05, 0) is 42.2 Å². The third kappa shape index (κ3) is 1.52. The molecule has 0 saturated heterocycles. The van der Waals surface area contributed by atoms with Crippen LogP contribution >= 0.6 is 0 Å². The quantitative estimate of drug-likeness (QED) is 0.628. The van der Waals surface area contributed by atoms with Crippen LogP contribution in [0.1, 0.15) is 23.6 Å². The predicted octanol–water partition coefficient (Wildman–Crippen LogP) is 4.02. The first-order chi connectivity index (χ1) is 6.70. The lowest BCUT2D eigenvalue weighted by Crippen LogP contribution is -1.84. The largest absolute Gasteiger partial charge is 0.0613 e. The predicted molar refractivity (Wildman–Crippen MR) is 62.8 cm³/mol. The van der Waals surface area contributed by atoms with Crippen LogP contribution in [0.4, 0.5) is 0 Å². The fourth-order valence-corrected chi connectivity index (χ4v) is 2.02. The Kier molecular flexibility index (Phi) is 2.28. The van der Waals surface area contributed by atoms with Gasteiger partial charge in [0.25, 0.3) is 0 Å². The van der Waals surface area contributed by atoms with Crippen LogP contribution in [-0.2, 0) is 6.42 Å². The highest BCUT2D eigenvalue weighted by atomic mass is 14.0. The molecule has 2 rings (SSSR count). The van der Waals surface area contributed by atoms with Gasteiger partial charge in [0.05, 0.1) is 0 Å². The van der Waals surface area contributed by atoms with Gasteiger partial charge in [0, 0.05) is 0 Å². The Morgan fingerprint density at radius 1 is 1.00 bits per heavy atom. The van der Waals surface area contributed by atoms with Gasteiger partial charge in [-0.25, -0.2) is 0 Å². The summed E-state index contributed by atoms with van der Waals surface area (Å²) in [6.07, 6.45) is 1.11. The third-order valence-electron chi connectivity index (χ3n) is 2.78. The van der Waals surface area contributed by atoms with Gasteiger partial charge >= 0.3 is 0 Å². The van der Waals surface area contributed by atoms with Gasteiger partial charge in [-0.2, -0.15) is 0 Å². The van der Waals surface area contributed by atoms with E-state index in [-0.39, 0.29) is 0 Å². The minimum Gasteiger partial charge on any atom is -0.0613 e. The van der Waals surface area contributed by atoms with Crippen molar-refractivity contribution in [2.45, 2.75) is 27.2 Å². The number of hydrogen-bond donors (Lipinski definition) is 0. The Morgan fingerprint density at radius 2 is 1.79 bits per heavy atom. The van der Waals surface area contributed by atoms with E-state index in [0.29, 0.717) is 0 Å². The molecule has 2 aromatic rings. The van der Waals surface area contributed by atoms with E-state index in [1.54, 1.807) is 0 Å². The van der Waals surface area contributed by atoms with Gasteiger partial charge in [0.15, 0.2) is 0 Å². The van der Waals surface area contributed by atoms with Crippen molar-refractivity contribution in [2.75, 3.05) is 0 Å². The zero-order chi connectivity index (χ0) is 10.1. The maximum atomic E-state index is 2.30. The van der Waals surface area contributed by atoms with Gasteiger partial charge in [-0.1, -0.05) is 42.8 Å². The molecule has 0 atom stereocenters. The second-order valence-electron chi connectivity index (χ2n) is 3.99. The van der Waals surface area contributed by atoms with E-state index >= 15 is 0 Å². The molecule has 14 heavy (non-hydrogen) atoms. The summed E-state index contributed by atoms with van der Waals surface area (Å²) in [5.41, 5.74) is 4.15. The summed E-state index contributed by atoms with van der Waals surface area (Å²) in [6.45, 7) is 6.54. The number of rotatable bonds is 1. The first-order valence-corrected chi connectivity index (χ1v) is 5.20. The number of benzene rings is 2. The third-order valence-corrected chi connectivity index (χ3v) is 2.78. The maximum Gasteiger partial charge on any atom is -0.0154 e. The van der Waals surface area contributed by atoms with Crippen molar-refractivity contribution in [3.05, 3.63) is 47.0 Å². The van der Waals surface area contributed by atoms with Crippen LogP contribution in [0.15, 0.2) is 30.3 Å². The van der Waals surface area contributed by atoms with Gasteiger partial charge in [-0.3, -0.25) is 0 Å².